The molecule has 62 heavy (non-hydrogen) atoms. The molecule has 0 aliphatic carbocycles. The third-order valence-electron chi connectivity index (χ3n) is 10.7. The first-order valence-electron chi connectivity index (χ1n) is 19.8. The van der Waals surface area contributed by atoms with Crippen LogP contribution in [0.2, 0.25) is 15.5 Å². The molecule has 3 aliphatic heterocycles. The Morgan fingerprint density at radius 1 is 0.935 bits per heavy atom. The number of amides is 2. The van der Waals surface area contributed by atoms with E-state index in [9.17, 15) is 26.4 Å². The first-order chi connectivity index (χ1) is 28.7. The Labute approximate surface area is 383 Å². The number of rotatable bonds is 8. The lowest BCUT2D eigenvalue weighted by molar-refractivity contribution is 0.0972. The summed E-state index contributed by atoms with van der Waals surface area (Å²) in [5.74, 6) is 0.671. The van der Waals surface area contributed by atoms with Crippen LogP contribution >= 0.6 is 47.2 Å². The van der Waals surface area contributed by atoms with Crippen molar-refractivity contribution in [1.82, 2.24) is 34.7 Å². The van der Waals surface area contributed by atoms with Crippen molar-refractivity contribution in [3.63, 3.8) is 0 Å². The van der Waals surface area contributed by atoms with Gasteiger partial charge in [0.1, 0.15) is 32.9 Å². The van der Waals surface area contributed by atoms with E-state index in [0.717, 1.165) is 51.6 Å². The number of carbonyl (C=O) groups is 2. The summed E-state index contributed by atoms with van der Waals surface area (Å²) in [5.41, 5.74) is 0.0143. The van der Waals surface area contributed by atoms with Gasteiger partial charge in [-0.3, -0.25) is 9.59 Å². The second-order valence-corrected chi connectivity index (χ2v) is 20.9. The number of hydrogen-bond acceptors (Lipinski definition) is 14. The molecule has 2 atom stereocenters. The lowest BCUT2D eigenvalue weighted by Gasteiger charge is -2.33. The fourth-order valence-corrected chi connectivity index (χ4v) is 10.3. The molecule has 2 unspecified atom stereocenters. The van der Waals surface area contributed by atoms with Gasteiger partial charge in [0, 0.05) is 30.7 Å². The molecule has 0 saturated carbocycles. The molecule has 2 amide bonds. The molecule has 7 heterocycles. The van der Waals surface area contributed by atoms with Crippen molar-refractivity contribution in [1.29, 1.82) is 0 Å². The predicted octanol–water partition coefficient (Wildman–Crippen LogP) is 6.96. The van der Waals surface area contributed by atoms with Gasteiger partial charge < -0.3 is 20.9 Å². The van der Waals surface area contributed by atoms with Crippen LogP contribution in [-0.4, -0.2) is 85.8 Å². The fourth-order valence-electron chi connectivity index (χ4n) is 7.83. The van der Waals surface area contributed by atoms with Gasteiger partial charge in [-0.1, -0.05) is 46.9 Å². The number of hydrogen-bond donors (Lipinski definition) is 5. The van der Waals surface area contributed by atoms with Crippen LogP contribution in [0.5, 0.6) is 0 Å². The van der Waals surface area contributed by atoms with Gasteiger partial charge >= 0.3 is 0 Å². The number of nitrogens with one attached hydrogen (secondary N) is 5. The molecule has 0 spiro atoms. The Bertz CT molecular complexity index is 2500. The zero-order valence-electron chi connectivity index (χ0n) is 34.5. The first-order valence-corrected chi connectivity index (χ1v) is 23.9. The van der Waals surface area contributed by atoms with Gasteiger partial charge in [0.05, 0.1) is 11.1 Å². The minimum Gasteiger partial charge on any atom is -0.370 e. The van der Waals surface area contributed by atoms with Crippen LogP contribution in [0.3, 0.4) is 0 Å². The van der Waals surface area contributed by atoms with Crippen molar-refractivity contribution >= 4 is 96.5 Å². The average molecular weight is 973 g/mol. The molecule has 2 fully saturated rings. The number of fused-ring (bicyclic) bond motifs is 6. The molecule has 7 rings (SSSR count). The molecule has 22 heteroatoms. The van der Waals surface area contributed by atoms with E-state index in [1.54, 1.807) is 24.3 Å². The van der Waals surface area contributed by atoms with Gasteiger partial charge in [0.25, 0.3) is 31.9 Å². The molecule has 0 radical (unpaired) electrons. The molecule has 2 saturated heterocycles. The van der Waals surface area contributed by atoms with E-state index in [2.05, 4.69) is 73.2 Å². The molecule has 4 aromatic rings. The standard InChI is InChI=1S/C20H25Cl2N5O3S.C20H24ClN5O3S.ClH/c1-20(2)11-13(12-24-20)5-4-10-23-16-6-3-7-17(26-16)31(29,30)27-19(28)14-8-9-15(21)25-18(14)22;1-20(2)11-13-5-4-10-22-16-6-3-7-17(24-16)30(28,29)25-19(27)14-8-9-15(21)23-18(14)26(20)12-13;/h3,6-9,13,24H,4-5,10-12H2,1-2H3,(H,23,26)(H,27,28);3,6-9,13H,4-5,10-12H2,1-2H3,(H,22,24)(H,25,27);1H. The minimum atomic E-state index is -4.19. The molecule has 4 bridgehead atoms. The van der Waals surface area contributed by atoms with E-state index in [4.69, 9.17) is 34.8 Å². The highest BCUT2D eigenvalue weighted by Gasteiger charge is 2.41. The van der Waals surface area contributed by atoms with Crippen molar-refractivity contribution in [2.45, 2.75) is 87.3 Å². The Hall–Kier alpha value is -4.04. The first kappa shape index (κ1) is 49.0. The highest BCUT2D eigenvalue weighted by atomic mass is 35.5. The number of sulfonamides is 2. The normalized spacial score (nSPS) is 20.0. The van der Waals surface area contributed by atoms with E-state index in [1.165, 1.54) is 36.4 Å². The van der Waals surface area contributed by atoms with Crippen molar-refractivity contribution < 1.29 is 26.4 Å². The fraction of sp³-hybridized carbons (Fsp3) is 0.450. The van der Waals surface area contributed by atoms with Gasteiger partial charge in [0.2, 0.25) is 0 Å². The van der Waals surface area contributed by atoms with E-state index in [1.807, 2.05) is 4.72 Å². The van der Waals surface area contributed by atoms with Crippen molar-refractivity contribution in [2.24, 2.45) is 11.8 Å². The Morgan fingerprint density at radius 2 is 1.66 bits per heavy atom. The SMILES string of the molecule is CC1(C)CC(CCCNc2cccc(S(=O)(=O)NC(=O)c3ccc(Cl)nc3Cl)n2)CN1.CC1(C)CC2CCCNc3cccc(n3)S(=O)(=O)NC(=O)c3ccc(Cl)nc3N1C2.Cl. The van der Waals surface area contributed by atoms with Crippen LogP contribution in [-0.2, 0) is 20.0 Å². The summed E-state index contributed by atoms with van der Waals surface area (Å²) in [6.07, 6.45) is 6.01. The molecule has 5 N–H and O–H groups in total. The predicted molar refractivity (Wildman–Crippen MR) is 244 cm³/mol. The number of pyridine rings is 4. The quantitative estimate of drug-likeness (QED) is 0.0891. The summed E-state index contributed by atoms with van der Waals surface area (Å²) in [4.78, 5) is 43.8. The molecule has 0 aromatic carbocycles. The third kappa shape index (κ3) is 12.6. The molecule has 16 nitrogen and oxygen atoms in total. The summed E-state index contributed by atoms with van der Waals surface area (Å²) in [6.45, 7) is 11.7. The summed E-state index contributed by atoms with van der Waals surface area (Å²) in [7, 11) is -8.35. The molecular weight excluding hydrogens is 922 g/mol. The van der Waals surface area contributed by atoms with E-state index in [0.29, 0.717) is 42.4 Å². The smallest absolute Gasteiger partial charge is 0.281 e. The average Bonchev–Trinajstić information content (AvgIpc) is 3.70. The Morgan fingerprint density at radius 3 is 2.39 bits per heavy atom. The molecule has 3 aliphatic rings. The van der Waals surface area contributed by atoms with Crippen molar-refractivity contribution in [2.75, 3.05) is 41.7 Å². The Balaban J connectivity index is 0.000000231. The van der Waals surface area contributed by atoms with Gasteiger partial charge in [-0.15, -0.1) is 12.4 Å². The van der Waals surface area contributed by atoms with Crippen LogP contribution < -0.4 is 30.3 Å². The summed E-state index contributed by atoms with van der Waals surface area (Å²) >= 11 is 17.7. The van der Waals surface area contributed by atoms with E-state index in [-0.39, 0.29) is 60.1 Å². The maximum atomic E-state index is 13.0. The van der Waals surface area contributed by atoms with E-state index >= 15 is 0 Å². The lowest BCUT2D eigenvalue weighted by atomic mass is 9.93. The zero-order chi connectivity index (χ0) is 44.2. The lowest BCUT2D eigenvalue weighted by Crippen LogP contribution is -2.41. The summed E-state index contributed by atoms with van der Waals surface area (Å²) in [5, 5.41) is 9.49. The largest absolute Gasteiger partial charge is 0.370 e. The number of nitrogens with zero attached hydrogens (tertiary/aromatic N) is 5. The van der Waals surface area contributed by atoms with Gasteiger partial charge in [-0.05, 0) is 133 Å². The number of carbonyl (C=O) groups excluding carboxylic acids is 2. The van der Waals surface area contributed by atoms with Crippen LogP contribution in [0.15, 0.2) is 70.7 Å². The monoisotopic (exact) mass is 970 g/mol. The zero-order valence-corrected chi connectivity index (χ0v) is 39.3. The van der Waals surface area contributed by atoms with Crippen molar-refractivity contribution in [3.8, 4) is 0 Å². The summed E-state index contributed by atoms with van der Waals surface area (Å²) < 4.78 is 54.9. The highest BCUT2D eigenvalue weighted by Crippen LogP contribution is 2.40. The maximum Gasteiger partial charge on any atom is 0.281 e. The van der Waals surface area contributed by atoms with Gasteiger partial charge in [-0.25, -0.2) is 29.4 Å². The maximum absolute atomic E-state index is 13.0. The van der Waals surface area contributed by atoms with Gasteiger partial charge in [0.15, 0.2) is 10.1 Å². The number of anilines is 3. The number of halogens is 4. The highest BCUT2D eigenvalue weighted by molar-refractivity contribution is 7.90. The second kappa shape index (κ2) is 20.2. The summed E-state index contributed by atoms with van der Waals surface area (Å²) in [6, 6.07) is 14.9. The molecule has 336 valence electrons. The third-order valence-corrected chi connectivity index (χ3v) is 13.8. The van der Waals surface area contributed by atoms with Crippen LogP contribution in [0.25, 0.3) is 0 Å². The number of aromatic nitrogens is 4. The van der Waals surface area contributed by atoms with Gasteiger partial charge in [-0.2, -0.15) is 16.8 Å². The molecule has 4 aromatic heterocycles. The van der Waals surface area contributed by atoms with Crippen LogP contribution in [0, 0.1) is 11.8 Å². The van der Waals surface area contributed by atoms with Crippen LogP contribution in [0.4, 0.5) is 17.5 Å². The van der Waals surface area contributed by atoms with E-state index < -0.39 is 31.9 Å². The van der Waals surface area contributed by atoms with Crippen molar-refractivity contribution in [3.05, 3.63) is 87.2 Å². The second-order valence-electron chi connectivity index (χ2n) is 16.5. The van der Waals surface area contributed by atoms with Crippen LogP contribution in [0.1, 0.15) is 86.9 Å². The Kier molecular flexibility index (Phi) is 16.0. The minimum absolute atomic E-state index is 0. The topological polar surface area (TPSA) is 217 Å². The molecular formula is C40H50Cl4N10O6S2.